The van der Waals surface area contributed by atoms with Crippen LogP contribution in [0.15, 0.2) is 70.9 Å². The number of rotatable bonds is 5. The molecule has 0 N–H and O–H groups in total. The minimum absolute atomic E-state index is 0.780. The molecule has 4 nitrogen and oxygen atoms in total. The molecular weight excluding hydrogens is 292 g/mol. The molecule has 1 heterocycles. The largest absolute Gasteiger partial charge is 0.212 e. The molecule has 3 aromatic rings. The zero-order chi connectivity index (χ0) is 15.2. The van der Waals surface area contributed by atoms with Gasteiger partial charge in [0.15, 0.2) is 5.82 Å². The van der Waals surface area contributed by atoms with Crippen LogP contribution in [-0.4, -0.2) is 21.1 Å². The van der Waals surface area contributed by atoms with Crippen LogP contribution in [0.1, 0.15) is 17.0 Å². The third-order valence-corrected chi connectivity index (χ3v) is 4.09. The number of benzene rings is 2. The van der Waals surface area contributed by atoms with Gasteiger partial charge in [0.1, 0.15) is 0 Å². The van der Waals surface area contributed by atoms with Gasteiger partial charge in [-0.2, -0.15) is 9.78 Å². The fraction of sp³-hybridized carbons (Fsp3) is 0.118. The first-order valence-corrected chi connectivity index (χ1v) is 7.99. The Hall–Kier alpha value is -2.40. The molecule has 1 aromatic heterocycles. The van der Waals surface area contributed by atoms with Crippen molar-refractivity contribution in [1.82, 2.24) is 14.9 Å². The Labute approximate surface area is 133 Å². The highest BCUT2D eigenvalue weighted by atomic mass is 32.2. The van der Waals surface area contributed by atoms with Crippen molar-refractivity contribution in [2.24, 2.45) is 5.10 Å². The average molecular weight is 308 g/mol. The zero-order valence-corrected chi connectivity index (χ0v) is 13.1. The summed E-state index contributed by atoms with van der Waals surface area (Å²) in [6, 6.07) is 20.3. The molecule has 0 bridgehead atoms. The number of aromatic nitrogens is 3. The number of hydrogen-bond acceptors (Lipinski definition) is 4. The topological polar surface area (TPSA) is 43.1 Å². The van der Waals surface area contributed by atoms with Crippen LogP contribution >= 0.6 is 11.8 Å². The maximum absolute atomic E-state index is 4.49. The molecule has 5 heteroatoms. The minimum atomic E-state index is 0.780. The Morgan fingerprint density at radius 3 is 2.41 bits per heavy atom. The lowest BCUT2D eigenvalue weighted by Gasteiger charge is -2.02. The SMILES string of the molecule is Cc1nnc(SCc2ccccc2)n1/N=C/c1ccccc1. The highest BCUT2D eigenvalue weighted by Crippen LogP contribution is 2.21. The summed E-state index contributed by atoms with van der Waals surface area (Å²) in [6.45, 7) is 1.90. The van der Waals surface area contributed by atoms with Gasteiger partial charge in [-0.15, -0.1) is 10.2 Å². The van der Waals surface area contributed by atoms with Crippen molar-refractivity contribution in [1.29, 1.82) is 0 Å². The number of hydrogen-bond donors (Lipinski definition) is 0. The first-order chi connectivity index (χ1) is 10.8. The number of aryl methyl sites for hydroxylation is 1. The highest BCUT2D eigenvalue weighted by molar-refractivity contribution is 7.98. The summed E-state index contributed by atoms with van der Waals surface area (Å²) >= 11 is 1.63. The van der Waals surface area contributed by atoms with E-state index in [4.69, 9.17) is 0 Å². The molecular formula is C17H16N4S. The van der Waals surface area contributed by atoms with Crippen molar-refractivity contribution in [3.63, 3.8) is 0 Å². The molecule has 0 aliphatic carbocycles. The molecule has 0 spiro atoms. The third kappa shape index (κ3) is 3.62. The predicted molar refractivity (Wildman–Crippen MR) is 90.2 cm³/mol. The van der Waals surface area contributed by atoms with E-state index >= 15 is 0 Å². The summed E-state index contributed by atoms with van der Waals surface area (Å²) < 4.78 is 1.78. The third-order valence-electron chi connectivity index (χ3n) is 3.10. The van der Waals surface area contributed by atoms with E-state index in [-0.39, 0.29) is 0 Å². The van der Waals surface area contributed by atoms with Crippen LogP contribution in [0.2, 0.25) is 0 Å². The van der Waals surface area contributed by atoms with Crippen LogP contribution in [0.4, 0.5) is 0 Å². The summed E-state index contributed by atoms with van der Waals surface area (Å²) in [5.41, 5.74) is 2.31. The zero-order valence-electron chi connectivity index (χ0n) is 12.3. The Morgan fingerprint density at radius 2 is 1.68 bits per heavy atom. The quantitative estimate of drug-likeness (QED) is 0.532. The van der Waals surface area contributed by atoms with E-state index in [1.54, 1.807) is 16.4 Å². The van der Waals surface area contributed by atoms with Crippen LogP contribution in [-0.2, 0) is 5.75 Å². The van der Waals surface area contributed by atoms with Crippen molar-refractivity contribution >= 4 is 18.0 Å². The lowest BCUT2D eigenvalue weighted by atomic mass is 10.2. The van der Waals surface area contributed by atoms with Gasteiger partial charge in [-0.1, -0.05) is 72.4 Å². The van der Waals surface area contributed by atoms with Crippen LogP contribution < -0.4 is 0 Å². The van der Waals surface area contributed by atoms with Gasteiger partial charge in [0.05, 0.1) is 6.21 Å². The maximum atomic E-state index is 4.49. The van der Waals surface area contributed by atoms with Gasteiger partial charge >= 0.3 is 0 Å². The van der Waals surface area contributed by atoms with Gasteiger partial charge in [0.2, 0.25) is 5.16 Å². The Balaban J connectivity index is 1.75. The second kappa shape index (κ2) is 7.04. The molecule has 0 amide bonds. The summed E-state index contributed by atoms with van der Waals surface area (Å²) in [6.07, 6.45) is 1.82. The van der Waals surface area contributed by atoms with E-state index < -0.39 is 0 Å². The highest BCUT2D eigenvalue weighted by Gasteiger charge is 2.08. The second-order valence-electron chi connectivity index (χ2n) is 4.77. The molecule has 2 aromatic carbocycles. The number of thioether (sulfide) groups is 1. The summed E-state index contributed by atoms with van der Waals surface area (Å²) in [4.78, 5) is 0. The van der Waals surface area contributed by atoms with Crippen molar-refractivity contribution < 1.29 is 0 Å². The van der Waals surface area contributed by atoms with Gasteiger partial charge in [-0.3, -0.25) is 0 Å². The fourth-order valence-corrected chi connectivity index (χ4v) is 2.84. The molecule has 0 saturated carbocycles. The molecule has 3 rings (SSSR count). The van der Waals surface area contributed by atoms with Gasteiger partial charge in [0, 0.05) is 5.75 Å². The summed E-state index contributed by atoms with van der Waals surface area (Å²) in [7, 11) is 0. The van der Waals surface area contributed by atoms with E-state index in [2.05, 4.69) is 27.4 Å². The Kier molecular flexibility index (Phi) is 4.65. The van der Waals surface area contributed by atoms with Crippen LogP contribution in [0.3, 0.4) is 0 Å². The molecule has 0 radical (unpaired) electrons. The lowest BCUT2D eigenvalue weighted by Crippen LogP contribution is -1.96. The smallest absolute Gasteiger partial charge is 0.192 e. The second-order valence-corrected chi connectivity index (χ2v) is 5.71. The van der Waals surface area contributed by atoms with E-state index in [9.17, 15) is 0 Å². The Bertz CT molecular complexity index is 751. The molecule has 110 valence electrons. The van der Waals surface area contributed by atoms with Gasteiger partial charge in [-0.05, 0) is 18.1 Å². The van der Waals surface area contributed by atoms with Crippen LogP contribution in [0.25, 0.3) is 0 Å². The van der Waals surface area contributed by atoms with Crippen molar-refractivity contribution in [3.05, 3.63) is 77.6 Å². The van der Waals surface area contributed by atoms with Crippen molar-refractivity contribution in [2.75, 3.05) is 0 Å². The van der Waals surface area contributed by atoms with Gasteiger partial charge in [-0.25, -0.2) is 0 Å². The molecule has 0 atom stereocenters. The number of nitrogens with zero attached hydrogens (tertiary/aromatic N) is 4. The fourth-order valence-electron chi connectivity index (χ4n) is 1.95. The lowest BCUT2D eigenvalue weighted by molar-refractivity contribution is 0.744. The summed E-state index contributed by atoms with van der Waals surface area (Å²) in [5, 5.41) is 13.6. The van der Waals surface area contributed by atoms with E-state index in [1.165, 1.54) is 5.56 Å². The maximum Gasteiger partial charge on any atom is 0.212 e. The molecule has 0 saturated heterocycles. The first kappa shape index (κ1) is 14.5. The monoisotopic (exact) mass is 308 g/mol. The van der Waals surface area contributed by atoms with Crippen molar-refractivity contribution in [3.8, 4) is 0 Å². The van der Waals surface area contributed by atoms with E-state index in [0.29, 0.717) is 0 Å². The van der Waals surface area contributed by atoms with Gasteiger partial charge in [0.25, 0.3) is 0 Å². The van der Waals surface area contributed by atoms with Crippen LogP contribution in [0, 0.1) is 6.92 Å². The molecule has 0 aliphatic heterocycles. The average Bonchev–Trinajstić information content (AvgIpc) is 2.93. The van der Waals surface area contributed by atoms with Crippen LogP contribution in [0.5, 0.6) is 0 Å². The van der Waals surface area contributed by atoms with Crippen molar-refractivity contribution in [2.45, 2.75) is 17.8 Å². The minimum Gasteiger partial charge on any atom is -0.192 e. The normalized spacial score (nSPS) is 11.1. The molecule has 22 heavy (non-hydrogen) atoms. The standard InChI is InChI=1S/C17H16N4S/c1-14-19-20-17(22-13-16-10-6-3-7-11-16)21(14)18-12-15-8-4-2-5-9-15/h2-12H,13H2,1H3/b18-12+. The summed E-state index contributed by atoms with van der Waals surface area (Å²) in [5.74, 6) is 1.63. The van der Waals surface area contributed by atoms with E-state index in [0.717, 1.165) is 22.3 Å². The first-order valence-electron chi connectivity index (χ1n) is 7.01. The molecule has 0 fully saturated rings. The Morgan fingerprint density at radius 1 is 1.00 bits per heavy atom. The predicted octanol–water partition coefficient (Wildman–Crippen LogP) is 3.76. The molecule has 0 aliphatic rings. The molecule has 0 unspecified atom stereocenters. The van der Waals surface area contributed by atoms with E-state index in [1.807, 2.05) is 61.7 Å². The van der Waals surface area contributed by atoms with Gasteiger partial charge < -0.3 is 0 Å².